The summed E-state index contributed by atoms with van der Waals surface area (Å²) in [5.41, 5.74) is 3.78. The Morgan fingerprint density at radius 2 is 1.89 bits per heavy atom. The molecule has 5 heterocycles. The normalized spacial score (nSPS) is 18.9. The molecule has 0 N–H and O–H groups in total. The van der Waals surface area contributed by atoms with E-state index in [0.717, 1.165) is 30.5 Å². The van der Waals surface area contributed by atoms with E-state index in [9.17, 15) is 18.0 Å². The van der Waals surface area contributed by atoms with Crippen LogP contribution in [0.4, 0.5) is 13.2 Å². The van der Waals surface area contributed by atoms with Gasteiger partial charge in [0.15, 0.2) is 23.1 Å². The quantitative estimate of drug-likeness (QED) is 0.402. The largest absolute Gasteiger partial charge is 0.325 e. The Morgan fingerprint density at radius 3 is 2.61 bits per heavy atom. The number of carbonyl (C=O) groups is 1. The van der Waals surface area contributed by atoms with Gasteiger partial charge in [0, 0.05) is 29.9 Å². The molecule has 1 saturated heterocycles. The number of nitrogens with zero attached hydrogens (tertiary/aromatic N) is 7. The van der Waals surface area contributed by atoms with Gasteiger partial charge in [0.2, 0.25) is 0 Å². The van der Waals surface area contributed by atoms with Crippen molar-refractivity contribution >= 4 is 5.91 Å². The molecule has 4 aromatic rings. The van der Waals surface area contributed by atoms with E-state index in [-0.39, 0.29) is 29.2 Å². The van der Waals surface area contributed by atoms with Gasteiger partial charge in [-0.15, -0.1) is 0 Å². The molecule has 36 heavy (non-hydrogen) atoms. The van der Waals surface area contributed by atoms with Crippen LogP contribution in [0, 0.1) is 24.4 Å². The fraction of sp³-hybridized carbons (Fsp3) is 0.320. The van der Waals surface area contributed by atoms with E-state index in [2.05, 4.69) is 20.2 Å². The highest BCUT2D eigenvalue weighted by Crippen LogP contribution is 2.45. The number of rotatable bonds is 3. The lowest BCUT2D eigenvalue weighted by Crippen LogP contribution is -2.50. The van der Waals surface area contributed by atoms with Crippen molar-refractivity contribution in [1.82, 2.24) is 34.4 Å². The molecule has 2 atom stereocenters. The maximum atomic E-state index is 14.1. The Labute approximate surface area is 204 Å². The standard InChI is InChI=1S/C25H22F3N7O/c1-13-6-7-19(34-12-29-11-30-34)23(31-13)25(36)35-15-4-3-5-20(35)22-16(10-15)24(33(2)32-22)14-8-17(26)21(28)18(27)9-14/h6-9,11-12,15,20H,3-5,10H2,1-2H3/t15-,20+/m0/s1. The average Bonchev–Trinajstić information content (AvgIpc) is 3.49. The van der Waals surface area contributed by atoms with Crippen LogP contribution in [-0.2, 0) is 13.5 Å². The van der Waals surface area contributed by atoms with Crippen LogP contribution in [-0.4, -0.2) is 46.4 Å². The zero-order valence-electron chi connectivity index (χ0n) is 19.6. The molecule has 0 spiro atoms. The second-order valence-corrected chi connectivity index (χ2v) is 9.27. The number of carbonyl (C=O) groups excluding carboxylic acids is 1. The van der Waals surface area contributed by atoms with Crippen molar-refractivity contribution in [3.63, 3.8) is 0 Å². The van der Waals surface area contributed by atoms with Crippen molar-refractivity contribution in [2.45, 2.75) is 44.7 Å². The van der Waals surface area contributed by atoms with Crippen molar-refractivity contribution < 1.29 is 18.0 Å². The van der Waals surface area contributed by atoms with Gasteiger partial charge in [-0.25, -0.2) is 27.8 Å². The third-order valence-corrected chi connectivity index (χ3v) is 7.05. The highest BCUT2D eigenvalue weighted by Gasteiger charge is 2.44. The van der Waals surface area contributed by atoms with E-state index in [0.29, 0.717) is 35.6 Å². The van der Waals surface area contributed by atoms with Gasteiger partial charge in [0.1, 0.15) is 12.7 Å². The molecule has 11 heteroatoms. The maximum Gasteiger partial charge on any atom is 0.275 e. The Bertz CT molecular complexity index is 1470. The lowest BCUT2D eigenvalue weighted by Gasteiger charge is -2.45. The van der Waals surface area contributed by atoms with E-state index < -0.39 is 17.5 Å². The SMILES string of the molecule is Cc1ccc(-n2cncn2)c(C(=O)N2[C@H]3CCC[C@@H]2c2nn(C)c(-c4cc(F)c(F)c(F)c4)c2C3)n1. The summed E-state index contributed by atoms with van der Waals surface area (Å²) in [5.74, 6) is -4.23. The molecule has 184 valence electrons. The van der Waals surface area contributed by atoms with Gasteiger partial charge in [-0.1, -0.05) is 0 Å². The minimum Gasteiger partial charge on any atom is -0.325 e. The number of hydrogen-bond acceptors (Lipinski definition) is 5. The second kappa shape index (κ2) is 8.28. The lowest BCUT2D eigenvalue weighted by atomic mass is 9.81. The molecule has 6 rings (SSSR count). The van der Waals surface area contributed by atoms with Gasteiger partial charge in [0.05, 0.1) is 23.1 Å². The number of halogens is 3. The van der Waals surface area contributed by atoms with Crippen LogP contribution in [0.1, 0.15) is 52.7 Å². The molecular formula is C25H22F3N7O. The fourth-order valence-corrected chi connectivity index (χ4v) is 5.55. The molecule has 1 amide bonds. The minimum atomic E-state index is -1.50. The van der Waals surface area contributed by atoms with Gasteiger partial charge < -0.3 is 4.90 Å². The number of aromatic nitrogens is 6. The second-order valence-electron chi connectivity index (χ2n) is 9.27. The molecule has 1 fully saturated rings. The molecule has 2 aliphatic rings. The van der Waals surface area contributed by atoms with Gasteiger partial charge in [-0.2, -0.15) is 10.2 Å². The first kappa shape index (κ1) is 22.4. The molecular weight excluding hydrogens is 471 g/mol. The van der Waals surface area contributed by atoms with Crippen LogP contribution in [0.2, 0.25) is 0 Å². The molecule has 0 saturated carbocycles. The van der Waals surface area contributed by atoms with E-state index >= 15 is 0 Å². The Hall–Kier alpha value is -4.02. The first-order valence-corrected chi connectivity index (χ1v) is 11.7. The molecule has 1 aromatic carbocycles. The third kappa shape index (κ3) is 3.41. The molecule has 3 aromatic heterocycles. The number of hydrogen-bond donors (Lipinski definition) is 0. The van der Waals surface area contributed by atoms with Crippen molar-refractivity contribution in [3.8, 4) is 16.9 Å². The highest BCUT2D eigenvalue weighted by molar-refractivity contribution is 5.96. The monoisotopic (exact) mass is 493 g/mol. The summed E-state index contributed by atoms with van der Waals surface area (Å²) >= 11 is 0. The summed E-state index contributed by atoms with van der Waals surface area (Å²) in [6, 6.07) is 5.13. The third-order valence-electron chi connectivity index (χ3n) is 7.05. The summed E-state index contributed by atoms with van der Waals surface area (Å²) in [5, 5.41) is 8.85. The predicted molar refractivity (Wildman–Crippen MR) is 123 cm³/mol. The van der Waals surface area contributed by atoms with Crippen LogP contribution in [0.3, 0.4) is 0 Å². The molecule has 0 radical (unpaired) electrons. The average molecular weight is 493 g/mol. The van der Waals surface area contributed by atoms with Gasteiger partial charge in [-0.3, -0.25) is 9.48 Å². The molecule has 0 unspecified atom stereocenters. The van der Waals surface area contributed by atoms with Crippen LogP contribution in [0.25, 0.3) is 16.9 Å². The molecule has 2 bridgehead atoms. The van der Waals surface area contributed by atoms with E-state index in [4.69, 9.17) is 0 Å². The van der Waals surface area contributed by atoms with Crippen LogP contribution >= 0.6 is 0 Å². The summed E-state index contributed by atoms with van der Waals surface area (Å²) in [4.78, 5) is 24.4. The zero-order valence-corrected chi connectivity index (χ0v) is 19.6. The number of pyridine rings is 1. The fourth-order valence-electron chi connectivity index (χ4n) is 5.55. The van der Waals surface area contributed by atoms with Crippen LogP contribution in [0.5, 0.6) is 0 Å². The van der Waals surface area contributed by atoms with Gasteiger partial charge in [0.25, 0.3) is 5.91 Å². The summed E-state index contributed by atoms with van der Waals surface area (Å²) in [6.07, 6.45) is 5.76. The topological polar surface area (TPSA) is 81.7 Å². The van der Waals surface area contributed by atoms with E-state index in [1.807, 2.05) is 17.9 Å². The van der Waals surface area contributed by atoms with Crippen LogP contribution in [0.15, 0.2) is 36.9 Å². The Kier molecular flexibility index (Phi) is 5.16. The van der Waals surface area contributed by atoms with Crippen molar-refractivity contribution in [2.24, 2.45) is 7.05 Å². The number of aryl methyl sites for hydroxylation is 2. The zero-order chi connectivity index (χ0) is 25.1. The van der Waals surface area contributed by atoms with Gasteiger partial charge >= 0.3 is 0 Å². The first-order valence-electron chi connectivity index (χ1n) is 11.7. The number of amides is 1. The van der Waals surface area contributed by atoms with Gasteiger partial charge in [-0.05, 0) is 56.9 Å². The van der Waals surface area contributed by atoms with Crippen molar-refractivity contribution in [2.75, 3.05) is 0 Å². The molecule has 8 nitrogen and oxygen atoms in total. The summed E-state index contributed by atoms with van der Waals surface area (Å²) in [6.45, 7) is 1.82. The number of benzene rings is 1. The molecule has 0 aliphatic carbocycles. The lowest BCUT2D eigenvalue weighted by molar-refractivity contribution is 0.0385. The summed E-state index contributed by atoms with van der Waals surface area (Å²) in [7, 11) is 1.69. The Balaban J connectivity index is 1.45. The smallest absolute Gasteiger partial charge is 0.275 e. The highest BCUT2D eigenvalue weighted by atomic mass is 19.2. The number of fused-ring (bicyclic) bond motifs is 4. The maximum absolute atomic E-state index is 14.1. The predicted octanol–water partition coefficient (Wildman–Crippen LogP) is 4.08. The first-order chi connectivity index (χ1) is 17.3. The summed E-state index contributed by atoms with van der Waals surface area (Å²) < 4.78 is 44.8. The van der Waals surface area contributed by atoms with Crippen molar-refractivity contribution in [3.05, 3.63) is 77.0 Å². The Morgan fingerprint density at radius 1 is 1.11 bits per heavy atom. The van der Waals surface area contributed by atoms with E-state index in [1.165, 1.54) is 17.3 Å². The number of piperidine rings is 1. The van der Waals surface area contributed by atoms with E-state index in [1.54, 1.807) is 17.8 Å². The van der Waals surface area contributed by atoms with Crippen LogP contribution < -0.4 is 0 Å². The molecule has 2 aliphatic heterocycles. The van der Waals surface area contributed by atoms with Crippen molar-refractivity contribution in [1.29, 1.82) is 0 Å². The minimum absolute atomic E-state index is 0.146.